The molecule has 0 bridgehead atoms. The van der Waals surface area contributed by atoms with Gasteiger partial charge in [-0.2, -0.15) is 0 Å². The van der Waals surface area contributed by atoms with Gasteiger partial charge < -0.3 is 5.11 Å². The van der Waals surface area contributed by atoms with Gasteiger partial charge in [0.1, 0.15) is 5.75 Å². The van der Waals surface area contributed by atoms with E-state index in [-0.39, 0.29) is 5.41 Å². The van der Waals surface area contributed by atoms with Crippen LogP contribution < -0.4 is 0 Å². The van der Waals surface area contributed by atoms with Crippen molar-refractivity contribution in [1.82, 2.24) is 0 Å². The van der Waals surface area contributed by atoms with Crippen LogP contribution in [-0.4, -0.2) is 17.4 Å². The third-order valence-corrected chi connectivity index (χ3v) is 4.20. The van der Waals surface area contributed by atoms with Gasteiger partial charge in [0.25, 0.3) is 0 Å². The van der Waals surface area contributed by atoms with Crippen molar-refractivity contribution >= 4 is 6.21 Å². The lowest BCUT2D eigenvalue weighted by molar-refractivity contribution is 0.444. The number of rotatable bonds is 2. The highest BCUT2D eigenvalue weighted by Crippen LogP contribution is 2.30. The zero-order valence-electron chi connectivity index (χ0n) is 13.2. The van der Waals surface area contributed by atoms with E-state index in [4.69, 9.17) is 4.99 Å². The van der Waals surface area contributed by atoms with Crippen molar-refractivity contribution in [3.05, 3.63) is 28.8 Å². The second-order valence-corrected chi connectivity index (χ2v) is 7.05. The first-order valence-corrected chi connectivity index (χ1v) is 7.75. The molecule has 0 heterocycles. The van der Waals surface area contributed by atoms with Gasteiger partial charge in [-0.1, -0.05) is 46.1 Å². The third kappa shape index (κ3) is 3.62. The fourth-order valence-corrected chi connectivity index (χ4v) is 2.75. The van der Waals surface area contributed by atoms with Gasteiger partial charge in [-0.05, 0) is 42.4 Å². The second-order valence-electron chi connectivity index (χ2n) is 7.05. The molecule has 2 heteroatoms. The average molecular weight is 273 g/mol. The minimum Gasteiger partial charge on any atom is -0.507 e. The minimum absolute atomic E-state index is 0.0892. The lowest BCUT2D eigenvalue weighted by Gasteiger charge is -2.21. The van der Waals surface area contributed by atoms with Crippen molar-refractivity contribution in [2.24, 2.45) is 4.99 Å². The average Bonchev–Trinajstić information content (AvgIpc) is 2.40. The number of aryl methyl sites for hydroxylation is 1. The van der Waals surface area contributed by atoms with Crippen molar-refractivity contribution in [1.29, 1.82) is 0 Å². The molecule has 20 heavy (non-hydrogen) atoms. The largest absolute Gasteiger partial charge is 0.507 e. The Hall–Kier alpha value is -1.31. The van der Waals surface area contributed by atoms with E-state index >= 15 is 0 Å². The molecular formula is C18H27NO. The van der Waals surface area contributed by atoms with Crippen molar-refractivity contribution in [2.75, 3.05) is 0 Å². The highest BCUT2D eigenvalue weighted by Gasteiger charge is 2.17. The van der Waals surface area contributed by atoms with Crippen molar-refractivity contribution in [3.8, 4) is 5.75 Å². The predicted molar refractivity (Wildman–Crippen MR) is 86.0 cm³/mol. The standard InChI is InChI=1S/C18H27NO/c1-13-10-15(18(2,3)4)11-14(17(13)20)12-19-16-8-6-5-7-9-16/h10-12,16,20H,5-9H2,1-4H3. The van der Waals surface area contributed by atoms with Gasteiger partial charge in [-0.25, -0.2) is 0 Å². The van der Waals surface area contributed by atoms with Gasteiger partial charge in [0, 0.05) is 17.8 Å². The van der Waals surface area contributed by atoms with E-state index in [1.807, 2.05) is 13.1 Å². The molecule has 1 aromatic rings. The highest BCUT2D eigenvalue weighted by molar-refractivity contribution is 5.84. The zero-order chi connectivity index (χ0) is 14.8. The summed E-state index contributed by atoms with van der Waals surface area (Å²) in [5, 5.41) is 10.2. The molecule has 1 aliphatic carbocycles. The summed E-state index contributed by atoms with van der Waals surface area (Å²) in [6, 6.07) is 4.60. The smallest absolute Gasteiger partial charge is 0.127 e. The molecule has 110 valence electrons. The van der Waals surface area contributed by atoms with Crippen molar-refractivity contribution < 1.29 is 5.11 Å². The SMILES string of the molecule is Cc1cc(C(C)(C)C)cc(C=NC2CCCCC2)c1O. The number of aromatic hydroxyl groups is 1. The zero-order valence-corrected chi connectivity index (χ0v) is 13.2. The lowest BCUT2D eigenvalue weighted by atomic mass is 9.85. The molecule has 2 nitrogen and oxygen atoms in total. The molecular weight excluding hydrogens is 246 g/mol. The Morgan fingerprint density at radius 1 is 1.15 bits per heavy atom. The maximum atomic E-state index is 10.2. The molecule has 2 rings (SSSR count). The highest BCUT2D eigenvalue weighted by atomic mass is 16.3. The molecule has 0 amide bonds. The van der Waals surface area contributed by atoms with E-state index in [1.54, 1.807) is 0 Å². The van der Waals surface area contributed by atoms with E-state index in [9.17, 15) is 5.11 Å². The second kappa shape index (κ2) is 5.99. The predicted octanol–water partition coefficient (Wildman–Crippen LogP) is 4.75. The minimum atomic E-state index is 0.0892. The van der Waals surface area contributed by atoms with Crippen LogP contribution in [0.5, 0.6) is 5.75 Å². The summed E-state index contributed by atoms with van der Waals surface area (Å²) < 4.78 is 0. The molecule has 1 aliphatic rings. The monoisotopic (exact) mass is 273 g/mol. The van der Waals surface area contributed by atoms with Crippen LogP contribution >= 0.6 is 0 Å². The lowest BCUT2D eigenvalue weighted by Crippen LogP contribution is -2.12. The first kappa shape index (κ1) is 15.1. The molecule has 0 aromatic heterocycles. The van der Waals surface area contributed by atoms with Gasteiger partial charge in [-0.3, -0.25) is 4.99 Å². The topological polar surface area (TPSA) is 32.6 Å². The van der Waals surface area contributed by atoms with Crippen molar-refractivity contribution in [3.63, 3.8) is 0 Å². The van der Waals surface area contributed by atoms with Crippen LogP contribution in [0, 0.1) is 6.92 Å². The Kier molecular flexibility index (Phi) is 4.52. The Balaban J connectivity index is 2.26. The maximum absolute atomic E-state index is 10.2. The van der Waals surface area contributed by atoms with E-state index in [0.717, 1.165) is 11.1 Å². The fourth-order valence-electron chi connectivity index (χ4n) is 2.75. The number of hydrogen-bond acceptors (Lipinski definition) is 2. The first-order chi connectivity index (χ1) is 9.38. The summed E-state index contributed by atoms with van der Waals surface area (Å²) in [5.41, 5.74) is 3.13. The maximum Gasteiger partial charge on any atom is 0.127 e. The summed E-state index contributed by atoms with van der Waals surface area (Å²) in [7, 11) is 0. The quantitative estimate of drug-likeness (QED) is 0.775. The molecule has 0 aliphatic heterocycles. The number of aliphatic imine (C=N–C) groups is 1. The first-order valence-electron chi connectivity index (χ1n) is 7.75. The summed E-state index contributed by atoms with van der Waals surface area (Å²) in [5.74, 6) is 0.373. The van der Waals surface area contributed by atoms with Gasteiger partial charge in [0.2, 0.25) is 0 Å². The number of hydrogen-bond donors (Lipinski definition) is 1. The summed E-state index contributed by atoms with van der Waals surface area (Å²) in [4.78, 5) is 4.69. The molecule has 0 spiro atoms. The Morgan fingerprint density at radius 3 is 2.40 bits per heavy atom. The van der Waals surface area contributed by atoms with Gasteiger partial charge in [0.05, 0.1) is 0 Å². The molecule has 0 saturated heterocycles. The molecule has 1 N–H and O–H groups in total. The molecule has 0 radical (unpaired) electrons. The van der Waals surface area contributed by atoms with Gasteiger partial charge in [0.15, 0.2) is 0 Å². The Labute approximate surface area is 122 Å². The number of phenolic OH excluding ortho intramolecular Hbond substituents is 1. The van der Waals surface area contributed by atoms with E-state index in [2.05, 4.69) is 32.9 Å². The fraction of sp³-hybridized carbons (Fsp3) is 0.611. The molecule has 1 fully saturated rings. The van der Waals surface area contributed by atoms with Crippen molar-refractivity contribution in [2.45, 2.75) is 71.3 Å². The summed E-state index contributed by atoms with van der Waals surface area (Å²) in [6.45, 7) is 8.55. The van der Waals surface area contributed by atoms with E-state index in [0.29, 0.717) is 11.8 Å². The molecule has 1 saturated carbocycles. The molecule has 1 aromatic carbocycles. The molecule has 0 atom stereocenters. The Morgan fingerprint density at radius 2 is 1.80 bits per heavy atom. The Bertz CT molecular complexity index is 491. The third-order valence-electron chi connectivity index (χ3n) is 4.20. The summed E-state index contributed by atoms with van der Waals surface area (Å²) >= 11 is 0. The normalized spacial score (nSPS) is 17.8. The van der Waals surface area contributed by atoms with Crippen LogP contribution in [-0.2, 0) is 5.41 Å². The van der Waals surface area contributed by atoms with Crippen LogP contribution in [0.3, 0.4) is 0 Å². The van der Waals surface area contributed by atoms with Crippen LogP contribution in [0.15, 0.2) is 17.1 Å². The van der Waals surface area contributed by atoms with Gasteiger partial charge in [-0.15, -0.1) is 0 Å². The van der Waals surface area contributed by atoms with Crippen LogP contribution in [0.4, 0.5) is 0 Å². The number of nitrogens with zero attached hydrogens (tertiary/aromatic N) is 1. The summed E-state index contributed by atoms with van der Waals surface area (Å²) in [6.07, 6.45) is 8.18. The van der Waals surface area contributed by atoms with Gasteiger partial charge >= 0.3 is 0 Å². The van der Waals surface area contributed by atoms with Crippen LogP contribution in [0.2, 0.25) is 0 Å². The van der Waals surface area contributed by atoms with Crippen LogP contribution in [0.1, 0.15) is 69.6 Å². The van der Waals surface area contributed by atoms with E-state index in [1.165, 1.54) is 37.7 Å². The van der Waals surface area contributed by atoms with Crippen LogP contribution in [0.25, 0.3) is 0 Å². The van der Waals surface area contributed by atoms with E-state index < -0.39 is 0 Å². The number of benzene rings is 1. The number of phenols is 1. The molecule has 0 unspecified atom stereocenters.